The van der Waals surface area contributed by atoms with Gasteiger partial charge in [0.05, 0.1) is 5.69 Å². The second-order valence-electron chi connectivity index (χ2n) is 2.91. The normalized spacial score (nSPS) is 9.82. The van der Waals surface area contributed by atoms with Crippen molar-refractivity contribution in [1.82, 2.24) is 4.98 Å². The van der Waals surface area contributed by atoms with Gasteiger partial charge in [-0.3, -0.25) is 4.79 Å². The molecule has 0 aliphatic rings. The molecule has 17 heavy (non-hydrogen) atoms. The Bertz CT molecular complexity index is 466. The summed E-state index contributed by atoms with van der Waals surface area (Å²) < 4.78 is 10.1. The predicted octanol–water partition coefficient (Wildman–Crippen LogP) is 0.879. The van der Waals surface area contributed by atoms with Gasteiger partial charge in [0.15, 0.2) is 6.29 Å². The first-order valence-electron chi connectivity index (χ1n) is 4.44. The first-order valence-corrected chi connectivity index (χ1v) is 5.67. The van der Waals surface area contributed by atoms with Crippen LogP contribution in [0, 0.1) is 11.3 Å². The molecule has 0 saturated heterocycles. The average Bonchev–Trinajstić information content (AvgIpc) is 2.29. The van der Waals surface area contributed by atoms with E-state index in [1.54, 1.807) is 12.3 Å². The van der Waals surface area contributed by atoms with Crippen LogP contribution in [-0.4, -0.2) is 55.0 Å². The van der Waals surface area contributed by atoms with E-state index in [1.807, 2.05) is 6.07 Å². The average molecular weight is 263 g/mol. The zero-order chi connectivity index (χ0) is 12.1. The molecule has 1 aromatic heterocycles. The number of nitriles is 1. The fraction of sp³-hybridized carbons (Fsp3) is 0.400. The van der Waals surface area contributed by atoms with Crippen LogP contribution in [-0.2, 0) is 9.47 Å². The number of nitrogens with zero attached hydrogens (tertiary/aromatic N) is 1. The van der Waals surface area contributed by atoms with Gasteiger partial charge in [-0.1, -0.05) is 0 Å². The number of H-pyrrole nitrogens is 1. The van der Waals surface area contributed by atoms with E-state index in [-0.39, 0.29) is 35.1 Å². The van der Waals surface area contributed by atoms with Crippen molar-refractivity contribution in [3.63, 3.8) is 0 Å². The molecule has 0 aliphatic carbocycles. The number of thioether (sulfide) groups is 1. The predicted molar refractivity (Wildman–Crippen MR) is 66.1 cm³/mol. The molecule has 0 amide bonds. The third kappa shape index (κ3) is 3.85. The summed E-state index contributed by atoms with van der Waals surface area (Å²) in [6.07, 6.45) is 1.17. The molecule has 1 radical (unpaired) electrons. The third-order valence-electron chi connectivity index (χ3n) is 2.03. The Hall–Kier alpha value is -0.290. The number of nitrogens with one attached hydrogen (secondary N) is 1. The molecule has 0 aliphatic heterocycles. The number of pyridine rings is 1. The van der Waals surface area contributed by atoms with Crippen LogP contribution in [0.25, 0.3) is 0 Å². The van der Waals surface area contributed by atoms with Crippen molar-refractivity contribution < 1.29 is 9.47 Å². The first-order chi connectivity index (χ1) is 7.67. The third-order valence-corrected chi connectivity index (χ3v) is 2.79. The Balaban J connectivity index is 0.00000256. The summed E-state index contributed by atoms with van der Waals surface area (Å²) in [6.45, 7) is 0. The topological polar surface area (TPSA) is 75.1 Å². The van der Waals surface area contributed by atoms with Gasteiger partial charge in [-0.2, -0.15) is 5.26 Å². The standard InChI is InChI=1S/C10H12N2O3S.Na/c1-14-10(15-2)7-4-8(16-3)6(5-11)9(13)12-7;/h4,10H,1-3H3,(H,12,13);. The van der Waals surface area contributed by atoms with Crippen LogP contribution in [0.2, 0.25) is 0 Å². The van der Waals surface area contributed by atoms with Crippen LogP contribution < -0.4 is 5.56 Å². The van der Waals surface area contributed by atoms with Crippen LogP contribution in [0.1, 0.15) is 17.5 Å². The molecule has 0 aromatic carbocycles. The van der Waals surface area contributed by atoms with Gasteiger partial charge in [-0.25, -0.2) is 0 Å². The maximum atomic E-state index is 11.6. The van der Waals surface area contributed by atoms with Gasteiger partial charge in [-0.15, -0.1) is 11.8 Å². The van der Waals surface area contributed by atoms with Gasteiger partial charge < -0.3 is 14.5 Å². The monoisotopic (exact) mass is 263 g/mol. The molecule has 5 nitrogen and oxygen atoms in total. The molecule has 87 valence electrons. The fourth-order valence-electron chi connectivity index (χ4n) is 1.30. The van der Waals surface area contributed by atoms with E-state index >= 15 is 0 Å². The Labute approximate surface area is 126 Å². The smallest absolute Gasteiger partial charge is 0.267 e. The van der Waals surface area contributed by atoms with E-state index in [4.69, 9.17) is 14.7 Å². The second kappa shape index (κ2) is 7.93. The zero-order valence-corrected chi connectivity index (χ0v) is 13.1. The van der Waals surface area contributed by atoms with Crippen molar-refractivity contribution in [2.24, 2.45) is 0 Å². The number of ether oxygens (including phenoxy) is 2. The summed E-state index contributed by atoms with van der Waals surface area (Å²) in [6, 6.07) is 3.55. The molecule has 1 rings (SSSR count). The van der Waals surface area contributed by atoms with E-state index in [2.05, 4.69) is 4.98 Å². The Morgan fingerprint density at radius 3 is 2.47 bits per heavy atom. The van der Waals surface area contributed by atoms with Crippen LogP contribution in [0.3, 0.4) is 0 Å². The summed E-state index contributed by atoms with van der Waals surface area (Å²) in [5.74, 6) is 0. The van der Waals surface area contributed by atoms with Crippen LogP contribution >= 0.6 is 11.8 Å². The zero-order valence-electron chi connectivity index (χ0n) is 10.2. The Kier molecular flexibility index (Phi) is 7.79. The van der Waals surface area contributed by atoms with E-state index < -0.39 is 11.8 Å². The molecule has 0 spiro atoms. The molecule has 1 aromatic rings. The van der Waals surface area contributed by atoms with E-state index in [0.717, 1.165) is 0 Å². The molecule has 0 fully saturated rings. The summed E-state index contributed by atoms with van der Waals surface area (Å²) in [5, 5.41) is 8.83. The summed E-state index contributed by atoms with van der Waals surface area (Å²) in [4.78, 5) is 14.8. The summed E-state index contributed by atoms with van der Waals surface area (Å²) in [5.41, 5.74) is 0.184. The van der Waals surface area contributed by atoms with E-state index in [9.17, 15) is 4.79 Å². The van der Waals surface area contributed by atoms with Gasteiger partial charge in [0.2, 0.25) is 0 Å². The molecule has 0 unspecified atom stereocenters. The second-order valence-corrected chi connectivity index (χ2v) is 3.76. The number of aromatic amines is 1. The fourth-order valence-corrected chi connectivity index (χ4v) is 1.89. The number of methoxy groups -OCH3 is 2. The van der Waals surface area contributed by atoms with Crippen molar-refractivity contribution in [2.75, 3.05) is 20.5 Å². The van der Waals surface area contributed by atoms with Gasteiger partial charge in [0.1, 0.15) is 11.6 Å². The van der Waals surface area contributed by atoms with E-state index in [0.29, 0.717) is 10.6 Å². The minimum atomic E-state index is -0.633. The molecule has 7 heteroatoms. The number of hydrogen-bond acceptors (Lipinski definition) is 5. The van der Waals surface area contributed by atoms with Crippen molar-refractivity contribution in [1.29, 1.82) is 5.26 Å². The Morgan fingerprint density at radius 2 is 2.06 bits per heavy atom. The number of aromatic nitrogens is 1. The quantitative estimate of drug-likeness (QED) is 0.496. The first kappa shape index (κ1) is 16.7. The molecular formula is C10H12N2NaO3S. The van der Waals surface area contributed by atoms with Crippen molar-refractivity contribution in [3.8, 4) is 6.07 Å². The van der Waals surface area contributed by atoms with Gasteiger partial charge in [-0.05, 0) is 12.3 Å². The maximum absolute atomic E-state index is 11.6. The molecular weight excluding hydrogens is 251 g/mol. The van der Waals surface area contributed by atoms with Crippen molar-refractivity contribution in [2.45, 2.75) is 11.2 Å². The maximum Gasteiger partial charge on any atom is 0.267 e. The van der Waals surface area contributed by atoms with Gasteiger partial charge in [0.25, 0.3) is 5.56 Å². The molecule has 0 saturated carbocycles. The van der Waals surface area contributed by atoms with Crippen molar-refractivity contribution in [3.05, 3.63) is 27.7 Å². The molecule has 0 atom stereocenters. The van der Waals surface area contributed by atoms with E-state index in [1.165, 1.54) is 26.0 Å². The Morgan fingerprint density at radius 1 is 1.47 bits per heavy atom. The largest absolute Gasteiger partial charge is 0.350 e. The summed E-state index contributed by atoms with van der Waals surface area (Å²) in [7, 11) is 2.95. The van der Waals surface area contributed by atoms with Gasteiger partial charge >= 0.3 is 0 Å². The van der Waals surface area contributed by atoms with Gasteiger partial charge in [0, 0.05) is 48.7 Å². The number of hydrogen-bond donors (Lipinski definition) is 1. The minimum absolute atomic E-state index is 0. The van der Waals surface area contributed by atoms with Crippen LogP contribution in [0.5, 0.6) is 0 Å². The molecule has 1 heterocycles. The van der Waals surface area contributed by atoms with Crippen LogP contribution in [0.4, 0.5) is 0 Å². The SMILES string of the molecule is COC(OC)c1cc(SC)c(C#N)c(=O)[nH]1.[Na]. The van der Waals surface area contributed by atoms with Crippen LogP contribution in [0.15, 0.2) is 15.8 Å². The molecule has 1 N–H and O–H groups in total. The number of rotatable bonds is 4. The molecule has 0 bridgehead atoms. The minimum Gasteiger partial charge on any atom is -0.350 e. The summed E-state index contributed by atoms with van der Waals surface area (Å²) >= 11 is 1.33. The van der Waals surface area contributed by atoms with Crippen molar-refractivity contribution >= 4 is 41.3 Å².